The SMILES string of the molecule is Cc1cc(C)n(-c2ccc(-c3noc([C@H]4CCNC4)n3)cn2)n1. The van der Waals surface area contributed by atoms with Crippen molar-refractivity contribution in [1.29, 1.82) is 0 Å². The van der Waals surface area contributed by atoms with Gasteiger partial charge >= 0.3 is 0 Å². The first-order valence-corrected chi connectivity index (χ1v) is 7.75. The number of hydrogen-bond acceptors (Lipinski definition) is 6. The summed E-state index contributed by atoms with van der Waals surface area (Å²) in [4.78, 5) is 8.98. The molecule has 4 heterocycles. The highest BCUT2D eigenvalue weighted by Gasteiger charge is 2.23. The summed E-state index contributed by atoms with van der Waals surface area (Å²) in [6.45, 7) is 5.88. The molecule has 23 heavy (non-hydrogen) atoms. The lowest BCUT2D eigenvalue weighted by Crippen LogP contribution is -2.08. The van der Waals surface area contributed by atoms with Gasteiger partial charge < -0.3 is 9.84 Å². The van der Waals surface area contributed by atoms with Gasteiger partial charge in [-0.2, -0.15) is 10.1 Å². The van der Waals surface area contributed by atoms with Crippen molar-refractivity contribution in [1.82, 2.24) is 30.2 Å². The Kier molecular flexibility index (Phi) is 3.42. The van der Waals surface area contributed by atoms with Gasteiger partial charge in [-0.3, -0.25) is 0 Å². The molecule has 7 nitrogen and oxygen atoms in total. The summed E-state index contributed by atoms with van der Waals surface area (Å²) >= 11 is 0. The van der Waals surface area contributed by atoms with Crippen LogP contribution in [0.5, 0.6) is 0 Å². The van der Waals surface area contributed by atoms with E-state index in [4.69, 9.17) is 4.52 Å². The Morgan fingerprint density at radius 3 is 2.87 bits per heavy atom. The molecule has 0 bridgehead atoms. The van der Waals surface area contributed by atoms with Crippen LogP contribution >= 0.6 is 0 Å². The number of aromatic nitrogens is 5. The first kappa shape index (κ1) is 14.1. The Morgan fingerprint density at radius 1 is 1.30 bits per heavy atom. The van der Waals surface area contributed by atoms with E-state index in [2.05, 4.69) is 25.5 Å². The van der Waals surface area contributed by atoms with Crippen LogP contribution in [-0.2, 0) is 0 Å². The Balaban J connectivity index is 1.59. The average Bonchev–Trinajstić information content (AvgIpc) is 3.27. The molecule has 0 aromatic carbocycles. The van der Waals surface area contributed by atoms with Gasteiger partial charge in [-0.05, 0) is 45.0 Å². The van der Waals surface area contributed by atoms with Crippen molar-refractivity contribution in [2.45, 2.75) is 26.2 Å². The van der Waals surface area contributed by atoms with Gasteiger partial charge in [0, 0.05) is 24.0 Å². The van der Waals surface area contributed by atoms with Crippen LogP contribution in [0.25, 0.3) is 17.2 Å². The van der Waals surface area contributed by atoms with Crippen LogP contribution in [0.1, 0.15) is 29.6 Å². The third-order valence-electron chi connectivity index (χ3n) is 4.08. The van der Waals surface area contributed by atoms with Crippen LogP contribution in [0.4, 0.5) is 0 Å². The standard InChI is InChI=1S/C16H18N6O/c1-10-7-11(2)22(20-10)14-4-3-12(9-18-14)15-19-16(23-21-15)13-5-6-17-8-13/h3-4,7,9,13,17H,5-6,8H2,1-2H3/t13-/m0/s1. The van der Waals surface area contributed by atoms with E-state index in [1.54, 1.807) is 6.20 Å². The highest BCUT2D eigenvalue weighted by atomic mass is 16.5. The van der Waals surface area contributed by atoms with E-state index in [0.29, 0.717) is 17.6 Å². The number of pyridine rings is 1. The summed E-state index contributed by atoms with van der Waals surface area (Å²) in [5.41, 5.74) is 2.87. The average molecular weight is 310 g/mol. The van der Waals surface area contributed by atoms with Crippen LogP contribution in [0.15, 0.2) is 28.9 Å². The number of rotatable bonds is 3. The van der Waals surface area contributed by atoms with E-state index in [1.165, 1.54) is 0 Å². The van der Waals surface area contributed by atoms with E-state index in [9.17, 15) is 0 Å². The summed E-state index contributed by atoms with van der Waals surface area (Å²) in [6, 6.07) is 5.89. The predicted octanol–water partition coefficient (Wildman–Crippen LogP) is 2.01. The lowest BCUT2D eigenvalue weighted by Gasteiger charge is -2.03. The van der Waals surface area contributed by atoms with Gasteiger partial charge in [0.05, 0.1) is 11.6 Å². The zero-order valence-corrected chi connectivity index (χ0v) is 13.2. The fourth-order valence-electron chi connectivity index (χ4n) is 2.89. The minimum absolute atomic E-state index is 0.318. The fourth-order valence-corrected chi connectivity index (χ4v) is 2.89. The molecule has 0 spiro atoms. The zero-order chi connectivity index (χ0) is 15.8. The molecule has 3 aromatic rings. The number of hydrogen-bond donors (Lipinski definition) is 1. The van der Waals surface area contributed by atoms with Crippen molar-refractivity contribution in [3.8, 4) is 17.2 Å². The first-order valence-electron chi connectivity index (χ1n) is 7.75. The van der Waals surface area contributed by atoms with Crippen LogP contribution in [0.2, 0.25) is 0 Å². The third-order valence-corrected chi connectivity index (χ3v) is 4.08. The third kappa shape index (κ3) is 2.63. The second kappa shape index (κ2) is 5.58. The van der Waals surface area contributed by atoms with E-state index < -0.39 is 0 Å². The molecule has 1 N–H and O–H groups in total. The topological polar surface area (TPSA) is 81.7 Å². The molecule has 0 aliphatic carbocycles. The quantitative estimate of drug-likeness (QED) is 0.797. The maximum atomic E-state index is 5.39. The molecular formula is C16H18N6O. The van der Waals surface area contributed by atoms with Crippen molar-refractivity contribution in [2.75, 3.05) is 13.1 Å². The molecule has 1 fully saturated rings. The van der Waals surface area contributed by atoms with Crippen molar-refractivity contribution in [3.63, 3.8) is 0 Å². The molecule has 1 aliphatic heterocycles. The number of nitrogens with zero attached hydrogens (tertiary/aromatic N) is 5. The van der Waals surface area contributed by atoms with Crippen molar-refractivity contribution >= 4 is 0 Å². The predicted molar refractivity (Wildman–Crippen MR) is 84.4 cm³/mol. The summed E-state index contributed by atoms with van der Waals surface area (Å²) in [5, 5.41) is 11.8. The molecule has 0 radical (unpaired) electrons. The smallest absolute Gasteiger partial charge is 0.231 e. The van der Waals surface area contributed by atoms with Crippen molar-refractivity contribution in [2.24, 2.45) is 0 Å². The Hall–Kier alpha value is -2.54. The van der Waals surface area contributed by atoms with Gasteiger partial charge in [0.2, 0.25) is 11.7 Å². The van der Waals surface area contributed by atoms with E-state index >= 15 is 0 Å². The normalized spacial score (nSPS) is 17.7. The maximum absolute atomic E-state index is 5.39. The largest absolute Gasteiger partial charge is 0.339 e. The number of aryl methyl sites for hydroxylation is 2. The minimum Gasteiger partial charge on any atom is -0.339 e. The highest BCUT2D eigenvalue weighted by molar-refractivity contribution is 5.53. The first-order chi connectivity index (χ1) is 11.2. The lowest BCUT2D eigenvalue weighted by atomic mass is 10.1. The molecule has 0 saturated carbocycles. The molecule has 3 aromatic heterocycles. The minimum atomic E-state index is 0.318. The molecular weight excluding hydrogens is 292 g/mol. The molecule has 0 amide bonds. The van der Waals surface area contributed by atoms with Gasteiger partial charge in [-0.1, -0.05) is 5.16 Å². The molecule has 7 heteroatoms. The van der Waals surface area contributed by atoms with Gasteiger partial charge in [0.25, 0.3) is 0 Å². The molecule has 118 valence electrons. The van der Waals surface area contributed by atoms with Crippen LogP contribution in [0.3, 0.4) is 0 Å². The molecule has 1 saturated heterocycles. The van der Waals surface area contributed by atoms with Crippen molar-refractivity contribution in [3.05, 3.63) is 41.7 Å². The highest BCUT2D eigenvalue weighted by Crippen LogP contribution is 2.24. The molecule has 0 unspecified atom stereocenters. The summed E-state index contributed by atoms with van der Waals surface area (Å²) in [7, 11) is 0. The maximum Gasteiger partial charge on any atom is 0.231 e. The van der Waals surface area contributed by atoms with Crippen LogP contribution in [-0.4, -0.2) is 38.0 Å². The van der Waals surface area contributed by atoms with Crippen molar-refractivity contribution < 1.29 is 4.52 Å². The second-order valence-corrected chi connectivity index (χ2v) is 5.89. The Morgan fingerprint density at radius 2 is 2.22 bits per heavy atom. The van der Waals surface area contributed by atoms with Crippen LogP contribution < -0.4 is 5.32 Å². The van der Waals surface area contributed by atoms with Gasteiger partial charge in [0.1, 0.15) is 0 Å². The fraction of sp³-hybridized carbons (Fsp3) is 0.375. The summed E-state index contributed by atoms with van der Waals surface area (Å²) < 4.78 is 7.22. The van der Waals surface area contributed by atoms with E-state index in [-0.39, 0.29) is 0 Å². The Labute approximate surface area is 133 Å². The molecule has 1 aliphatic rings. The van der Waals surface area contributed by atoms with Gasteiger partial charge in [-0.25, -0.2) is 9.67 Å². The summed E-state index contributed by atoms with van der Waals surface area (Å²) in [5.74, 6) is 2.38. The molecule has 4 rings (SSSR count). The lowest BCUT2D eigenvalue weighted by molar-refractivity contribution is 0.359. The van der Waals surface area contributed by atoms with Gasteiger partial charge in [-0.15, -0.1) is 0 Å². The summed E-state index contributed by atoms with van der Waals surface area (Å²) in [6.07, 6.45) is 2.80. The molecule has 1 atom stereocenters. The zero-order valence-electron chi connectivity index (χ0n) is 13.2. The second-order valence-electron chi connectivity index (χ2n) is 5.89. The van der Waals surface area contributed by atoms with E-state index in [0.717, 1.165) is 42.3 Å². The van der Waals surface area contributed by atoms with Crippen LogP contribution in [0, 0.1) is 13.8 Å². The van der Waals surface area contributed by atoms with Gasteiger partial charge in [0.15, 0.2) is 5.82 Å². The Bertz CT molecular complexity index is 813. The van der Waals surface area contributed by atoms with E-state index in [1.807, 2.05) is 36.7 Å². The monoisotopic (exact) mass is 310 g/mol. The number of nitrogens with one attached hydrogen (secondary N) is 1.